The summed E-state index contributed by atoms with van der Waals surface area (Å²) in [5.74, 6) is -0.768. The van der Waals surface area contributed by atoms with Crippen LogP contribution in [0.5, 0.6) is 0 Å². The Morgan fingerprint density at radius 3 is 1.87 bits per heavy atom. The number of carboxylic acid groups (broad SMARTS) is 1. The molecule has 0 aromatic heterocycles. The van der Waals surface area contributed by atoms with Gasteiger partial charge in [-0.2, -0.15) is 0 Å². The number of aliphatic carboxylic acids is 1. The van der Waals surface area contributed by atoms with Crippen molar-refractivity contribution in [3.8, 4) is 0 Å². The first-order valence-electron chi connectivity index (χ1n) is 5.29. The summed E-state index contributed by atoms with van der Waals surface area (Å²) in [7, 11) is 0. The number of hydrogen-bond donors (Lipinski definition) is 1. The Kier molecular flexibility index (Phi) is 5.68. The van der Waals surface area contributed by atoms with Gasteiger partial charge < -0.3 is 5.11 Å². The van der Waals surface area contributed by atoms with Crippen molar-refractivity contribution in [1.82, 2.24) is 0 Å². The van der Waals surface area contributed by atoms with Gasteiger partial charge in [0.25, 0.3) is 0 Å². The number of carbonyl (C=O) groups is 1. The fourth-order valence-electron chi connectivity index (χ4n) is 1.64. The standard InChI is InChI=1S/C11H14O2.C2H6/c1-7-4-8(2)10(6-11(12)13)9(3)5-7;1-2/h4-5H,6H2,1-3H3,(H,12,13);1-2H3. The molecular weight excluding hydrogens is 188 g/mol. The van der Waals surface area contributed by atoms with E-state index in [1.54, 1.807) is 0 Å². The van der Waals surface area contributed by atoms with Crippen molar-refractivity contribution in [3.05, 3.63) is 34.4 Å². The molecule has 0 aliphatic carbocycles. The second-order valence-corrected chi connectivity index (χ2v) is 3.45. The molecule has 0 spiro atoms. The summed E-state index contributed by atoms with van der Waals surface area (Å²) in [4.78, 5) is 10.6. The zero-order valence-electron chi connectivity index (χ0n) is 10.2. The quantitative estimate of drug-likeness (QED) is 0.810. The Morgan fingerprint density at radius 2 is 1.53 bits per heavy atom. The van der Waals surface area contributed by atoms with Gasteiger partial charge in [-0.15, -0.1) is 0 Å². The first-order chi connectivity index (χ1) is 7.00. The van der Waals surface area contributed by atoms with Crippen LogP contribution in [0.2, 0.25) is 0 Å². The number of benzene rings is 1. The van der Waals surface area contributed by atoms with Crippen LogP contribution in [0.1, 0.15) is 36.1 Å². The fourth-order valence-corrected chi connectivity index (χ4v) is 1.64. The van der Waals surface area contributed by atoms with Crippen molar-refractivity contribution >= 4 is 5.97 Å². The molecule has 1 aromatic carbocycles. The zero-order chi connectivity index (χ0) is 12.0. The van der Waals surface area contributed by atoms with Crippen LogP contribution in [0.3, 0.4) is 0 Å². The lowest BCUT2D eigenvalue weighted by atomic mass is 9.97. The van der Waals surface area contributed by atoms with Gasteiger partial charge in [0.15, 0.2) is 0 Å². The Labute approximate surface area is 91.9 Å². The largest absolute Gasteiger partial charge is 0.481 e. The normalized spacial score (nSPS) is 9.13. The average Bonchev–Trinajstić information content (AvgIpc) is 2.14. The molecule has 0 atom stereocenters. The predicted molar refractivity (Wildman–Crippen MR) is 63.3 cm³/mol. The van der Waals surface area contributed by atoms with Crippen molar-refractivity contribution in [3.63, 3.8) is 0 Å². The van der Waals surface area contributed by atoms with Crippen LogP contribution in [0.15, 0.2) is 12.1 Å². The van der Waals surface area contributed by atoms with Crippen LogP contribution >= 0.6 is 0 Å². The van der Waals surface area contributed by atoms with E-state index < -0.39 is 5.97 Å². The lowest BCUT2D eigenvalue weighted by Gasteiger charge is -2.08. The van der Waals surface area contributed by atoms with E-state index in [1.807, 2.05) is 46.8 Å². The van der Waals surface area contributed by atoms with E-state index in [4.69, 9.17) is 5.11 Å². The molecule has 0 amide bonds. The van der Waals surface area contributed by atoms with Crippen molar-refractivity contribution in [2.75, 3.05) is 0 Å². The van der Waals surface area contributed by atoms with E-state index in [9.17, 15) is 4.79 Å². The minimum absolute atomic E-state index is 0.123. The molecule has 0 aliphatic rings. The topological polar surface area (TPSA) is 37.3 Å². The van der Waals surface area contributed by atoms with Crippen LogP contribution in [0.4, 0.5) is 0 Å². The number of hydrogen-bond acceptors (Lipinski definition) is 1. The highest BCUT2D eigenvalue weighted by molar-refractivity contribution is 5.71. The second-order valence-electron chi connectivity index (χ2n) is 3.45. The van der Waals surface area contributed by atoms with Gasteiger partial charge in [-0.25, -0.2) is 0 Å². The number of aryl methyl sites for hydroxylation is 3. The maximum Gasteiger partial charge on any atom is 0.307 e. The Hall–Kier alpha value is -1.31. The van der Waals surface area contributed by atoms with E-state index >= 15 is 0 Å². The van der Waals surface area contributed by atoms with Crippen molar-refractivity contribution in [2.45, 2.75) is 41.0 Å². The summed E-state index contributed by atoms with van der Waals surface area (Å²) in [6.07, 6.45) is 0.123. The lowest BCUT2D eigenvalue weighted by Crippen LogP contribution is -2.04. The highest BCUT2D eigenvalue weighted by atomic mass is 16.4. The van der Waals surface area contributed by atoms with E-state index in [0.717, 1.165) is 16.7 Å². The molecule has 0 fully saturated rings. The highest BCUT2D eigenvalue weighted by Gasteiger charge is 2.07. The summed E-state index contributed by atoms with van der Waals surface area (Å²) in [5.41, 5.74) is 4.27. The van der Waals surface area contributed by atoms with Gasteiger partial charge in [0.1, 0.15) is 0 Å². The number of carboxylic acids is 1. The van der Waals surface area contributed by atoms with Crippen molar-refractivity contribution in [1.29, 1.82) is 0 Å². The molecule has 1 aromatic rings. The van der Waals surface area contributed by atoms with Gasteiger partial charge in [-0.1, -0.05) is 31.5 Å². The Bertz CT molecular complexity index is 317. The SMILES string of the molecule is CC.Cc1cc(C)c(CC(=O)O)c(C)c1. The Morgan fingerprint density at radius 1 is 1.13 bits per heavy atom. The zero-order valence-corrected chi connectivity index (χ0v) is 10.2. The minimum Gasteiger partial charge on any atom is -0.481 e. The fraction of sp³-hybridized carbons (Fsp3) is 0.462. The number of rotatable bonds is 2. The molecule has 0 saturated carbocycles. The molecule has 0 saturated heterocycles. The van der Waals surface area contributed by atoms with Crippen LogP contribution in [0, 0.1) is 20.8 Å². The molecule has 2 heteroatoms. The summed E-state index contributed by atoms with van der Waals surface area (Å²) >= 11 is 0. The van der Waals surface area contributed by atoms with E-state index in [-0.39, 0.29) is 6.42 Å². The van der Waals surface area contributed by atoms with E-state index in [2.05, 4.69) is 0 Å². The maximum absolute atomic E-state index is 10.6. The maximum atomic E-state index is 10.6. The van der Waals surface area contributed by atoms with Crippen LogP contribution in [-0.4, -0.2) is 11.1 Å². The Balaban J connectivity index is 0.000000921. The molecule has 0 aliphatic heterocycles. The first-order valence-corrected chi connectivity index (χ1v) is 5.29. The molecule has 15 heavy (non-hydrogen) atoms. The molecule has 2 nitrogen and oxygen atoms in total. The molecular formula is C13H20O2. The van der Waals surface area contributed by atoms with Crippen LogP contribution in [0.25, 0.3) is 0 Å². The summed E-state index contributed by atoms with van der Waals surface area (Å²) < 4.78 is 0. The van der Waals surface area contributed by atoms with Crippen LogP contribution < -0.4 is 0 Å². The predicted octanol–water partition coefficient (Wildman–Crippen LogP) is 3.27. The first kappa shape index (κ1) is 13.7. The monoisotopic (exact) mass is 208 g/mol. The highest BCUT2D eigenvalue weighted by Crippen LogP contribution is 2.16. The summed E-state index contributed by atoms with van der Waals surface area (Å²) in [6, 6.07) is 4.04. The smallest absolute Gasteiger partial charge is 0.307 e. The summed E-state index contributed by atoms with van der Waals surface area (Å²) in [5, 5.41) is 8.69. The van der Waals surface area contributed by atoms with Gasteiger partial charge in [0.2, 0.25) is 0 Å². The van der Waals surface area contributed by atoms with Crippen LogP contribution in [-0.2, 0) is 11.2 Å². The molecule has 0 heterocycles. The van der Waals surface area contributed by atoms with Crippen molar-refractivity contribution in [2.24, 2.45) is 0 Å². The molecule has 0 radical (unpaired) electrons. The third-order valence-electron chi connectivity index (χ3n) is 2.17. The van der Waals surface area contributed by atoms with E-state index in [0.29, 0.717) is 0 Å². The van der Waals surface area contributed by atoms with Crippen molar-refractivity contribution < 1.29 is 9.90 Å². The lowest BCUT2D eigenvalue weighted by molar-refractivity contribution is -0.136. The molecule has 0 unspecified atom stereocenters. The average molecular weight is 208 g/mol. The molecule has 0 bridgehead atoms. The third kappa shape index (κ3) is 4.15. The third-order valence-corrected chi connectivity index (χ3v) is 2.17. The van der Waals surface area contributed by atoms with Gasteiger partial charge in [-0.3, -0.25) is 4.79 Å². The second kappa shape index (κ2) is 6.23. The molecule has 1 rings (SSSR count). The molecule has 84 valence electrons. The van der Waals surface area contributed by atoms with Gasteiger partial charge in [0.05, 0.1) is 6.42 Å². The summed E-state index contributed by atoms with van der Waals surface area (Å²) in [6.45, 7) is 9.93. The van der Waals surface area contributed by atoms with Gasteiger partial charge in [-0.05, 0) is 37.5 Å². The minimum atomic E-state index is -0.768. The van der Waals surface area contributed by atoms with Gasteiger partial charge >= 0.3 is 5.97 Å². The molecule has 1 N–H and O–H groups in total. The van der Waals surface area contributed by atoms with Gasteiger partial charge in [0, 0.05) is 0 Å². The van der Waals surface area contributed by atoms with E-state index in [1.165, 1.54) is 5.56 Å².